The Balaban J connectivity index is 1.99. The molecule has 1 aliphatic carbocycles. The third-order valence-electron chi connectivity index (χ3n) is 4.38. The van der Waals surface area contributed by atoms with Crippen LogP contribution in [0.2, 0.25) is 0 Å². The van der Waals surface area contributed by atoms with E-state index in [1.54, 1.807) is 12.1 Å². The van der Waals surface area contributed by atoms with E-state index in [1.165, 1.54) is 18.4 Å². The number of primary amides is 2. The Bertz CT molecular complexity index is 775. The summed E-state index contributed by atoms with van der Waals surface area (Å²) in [5.74, 6) is -0.447. The molecule has 118 valence electrons. The standard InChI is InChI=1S/C19H20N2O2/c1-11-8-16(18(20)22)17(19(21)23)10-15(11)14-6-4-13(5-7-14)9-12-2-3-12/h4-8,10,12H,2-3,9H2,1H3,(H2,20,22)(H2,21,23). The lowest BCUT2D eigenvalue weighted by atomic mass is 9.93. The summed E-state index contributed by atoms with van der Waals surface area (Å²) in [7, 11) is 0. The van der Waals surface area contributed by atoms with Gasteiger partial charge in [0.2, 0.25) is 11.8 Å². The fraction of sp³-hybridized carbons (Fsp3) is 0.263. The van der Waals surface area contributed by atoms with Gasteiger partial charge in [0, 0.05) is 0 Å². The van der Waals surface area contributed by atoms with Gasteiger partial charge in [-0.3, -0.25) is 9.59 Å². The highest BCUT2D eigenvalue weighted by Crippen LogP contribution is 2.33. The average Bonchev–Trinajstić information content (AvgIpc) is 3.31. The Hall–Kier alpha value is -2.62. The van der Waals surface area contributed by atoms with E-state index in [2.05, 4.69) is 24.3 Å². The fourth-order valence-corrected chi connectivity index (χ4v) is 2.90. The highest BCUT2D eigenvalue weighted by molar-refractivity contribution is 6.07. The minimum absolute atomic E-state index is 0.167. The first kappa shape index (κ1) is 15.3. The Morgan fingerprint density at radius 3 is 2.09 bits per heavy atom. The number of hydrogen-bond donors (Lipinski definition) is 2. The number of benzene rings is 2. The van der Waals surface area contributed by atoms with Crippen LogP contribution in [-0.4, -0.2) is 11.8 Å². The number of amides is 2. The summed E-state index contributed by atoms with van der Waals surface area (Å²) in [6.45, 7) is 1.89. The Morgan fingerprint density at radius 1 is 1.00 bits per heavy atom. The number of nitrogens with two attached hydrogens (primary N) is 2. The van der Waals surface area contributed by atoms with Gasteiger partial charge in [-0.15, -0.1) is 0 Å². The van der Waals surface area contributed by atoms with Gasteiger partial charge in [0.1, 0.15) is 0 Å². The van der Waals surface area contributed by atoms with E-state index in [4.69, 9.17) is 11.5 Å². The van der Waals surface area contributed by atoms with Crippen molar-refractivity contribution in [1.82, 2.24) is 0 Å². The first-order valence-corrected chi connectivity index (χ1v) is 7.79. The molecular weight excluding hydrogens is 288 g/mol. The summed E-state index contributed by atoms with van der Waals surface area (Å²) in [6.07, 6.45) is 3.79. The van der Waals surface area contributed by atoms with Gasteiger partial charge in [-0.1, -0.05) is 24.3 Å². The van der Waals surface area contributed by atoms with Crippen LogP contribution < -0.4 is 11.5 Å². The second kappa shape index (κ2) is 5.88. The minimum atomic E-state index is -0.648. The van der Waals surface area contributed by atoms with Gasteiger partial charge in [-0.25, -0.2) is 0 Å². The topological polar surface area (TPSA) is 86.2 Å². The maximum absolute atomic E-state index is 11.6. The molecule has 0 bridgehead atoms. The van der Waals surface area contributed by atoms with Gasteiger partial charge in [-0.05, 0) is 66.5 Å². The molecule has 0 unspecified atom stereocenters. The molecule has 4 N–H and O–H groups in total. The van der Waals surface area contributed by atoms with Crippen LogP contribution in [0.4, 0.5) is 0 Å². The van der Waals surface area contributed by atoms with Crippen molar-refractivity contribution < 1.29 is 9.59 Å². The Labute approximate surface area is 135 Å². The lowest BCUT2D eigenvalue weighted by molar-refractivity contribution is 0.0967. The highest BCUT2D eigenvalue weighted by atomic mass is 16.2. The van der Waals surface area contributed by atoms with Crippen LogP contribution in [0.5, 0.6) is 0 Å². The van der Waals surface area contributed by atoms with E-state index in [0.717, 1.165) is 29.0 Å². The van der Waals surface area contributed by atoms with Gasteiger partial charge < -0.3 is 11.5 Å². The molecule has 0 aliphatic heterocycles. The molecule has 2 aromatic rings. The maximum atomic E-state index is 11.6. The summed E-state index contributed by atoms with van der Waals surface area (Å²) in [4.78, 5) is 23.1. The van der Waals surface area contributed by atoms with E-state index >= 15 is 0 Å². The first-order valence-electron chi connectivity index (χ1n) is 7.79. The van der Waals surface area contributed by atoms with Crippen molar-refractivity contribution in [2.45, 2.75) is 26.2 Å². The average molecular weight is 308 g/mol. The van der Waals surface area contributed by atoms with E-state index in [9.17, 15) is 9.59 Å². The van der Waals surface area contributed by atoms with E-state index < -0.39 is 11.8 Å². The smallest absolute Gasteiger partial charge is 0.249 e. The molecule has 0 spiro atoms. The van der Waals surface area contributed by atoms with Crippen molar-refractivity contribution in [3.8, 4) is 11.1 Å². The van der Waals surface area contributed by atoms with E-state index in [1.807, 2.05) is 6.92 Å². The fourth-order valence-electron chi connectivity index (χ4n) is 2.90. The van der Waals surface area contributed by atoms with Crippen molar-refractivity contribution in [1.29, 1.82) is 0 Å². The molecule has 0 radical (unpaired) electrons. The van der Waals surface area contributed by atoms with Crippen molar-refractivity contribution in [3.05, 3.63) is 58.7 Å². The largest absolute Gasteiger partial charge is 0.366 e. The second-order valence-corrected chi connectivity index (χ2v) is 6.29. The van der Waals surface area contributed by atoms with Crippen LogP contribution in [0.3, 0.4) is 0 Å². The molecule has 23 heavy (non-hydrogen) atoms. The molecular formula is C19H20N2O2. The summed E-state index contributed by atoms with van der Waals surface area (Å²) >= 11 is 0. The van der Waals surface area contributed by atoms with Gasteiger partial charge in [-0.2, -0.15) is 0 Å². The summed E-state index contributed by atoms with van der Waals surface area (Å²) in [5, 5.41) is 0. The zero-order chi connectivity index (χ0) is 16.6. The predicted octanol–water partition coefficient (Wildman–Crippen LogP) is 2.81. The lowest BCUT2D eigenvalue weighted by Crippen LogP contribution is -2.21. The number of rotatable bonds is 5. The number of carbonyl (C=O) groups excluding carboxylic acids is 2. The molecule has 0 saturated heterocycles. The van der Waals surface area contributed by atoms with Crippen molar-refractivity contribution >= 4 is 11.8 Å². The van der Waals surface area contributed by atoms with Gasteiger partial charge >= 0.3 is 0 Å². The zero-order valence-electron chi connectivity index (χ0n) is 13.1. The van der Waals surface area contributed by atoms with Crippen LogP contribution in [0.1, 0.15) is 44.7 Å². The summed E-state index contributed by atoms with van der Waals surface area (Å²) in [5.41, 5.74) is 15.2. The number of carbonyl (C=O) groups is 2. The molecule has 2 aromatic carbocycles. The zero-order valence-corrected chi connectivity index (χ0v) is 13.1. The second-order valence-electron chi connectivity index (χ2n) is 6.29. The van der Waals surface area contributed by atoms with Crippen molar-refractivity contribution in [3.63, 3.8) is 0 Å². The lowest BCUT2D eigenvalue weighted by Gasteiger charge is -2.12. The molecule has 4 nitrogen and oxygen atoms in total. The quantitative estimate of drug-likeness (QED) is 0.890. The molecule has 0 heterocycles. The molecule has 1 fully saturated rings. The molecule has 1 saturated carbocycles. The van der Waals surface area contributed by atoms with Crippen LogP contribution >= 0.6 is 0 Å². The van der Waals surface area contributed by atoms with Crippen LogP contribution in [0.15, 0.2) is 36.4 Å². The van der Waals surface area contributed by atoms with Crippen LogP contribution in [0, 0.1) is 12.8 Å². The summed E-state index contributed by atoms with van der Waals surface area (Å²) < 4.78 is 0. The van der Waals surface area contributed by atoms with Crippen LogP contribution in [0.25, 0.3) is 11.1 Å². The Kier molecular flexibility index (Phi) is 3.90. The number of hydrogen-bond acceptors (Lipinski definition) is 2. The molecule has 4 heteroatoms. The molecule has 2 amide bonds. The van der Waals surface area contributed by atoms with Gasteiger partial charge in [0.15, 0.2) is 0 Å². The Morgan fingerprint density at radius 2 is 1.57 bits per heavy atom. The van der Waals surface area contributed by atoms with Crippen molar-refractivity contribution in [2.24, 2.45) is 17.4 Å². The van der Waals surface area contributed by atoms with E-state index in [-0.39, 0.29) is 11.1 Å². The van der Waals surface area contributed by atoms with Gasteiger partial charge in [0.25, 0.3) is 0 Å². The number of aryl methyl sites for hydroxylation is 1. The minimum Gasteiger partial charge on any atom is -0.366 e. The highest BCUT2D eigenvalue weighted by Gasteiger charge is 2.21. The SMILES string of the molecule is Cc1cc(C(N)=O)c(C(N)=O)cc1-c1ccc(CC2CC2)cc1. The molecule has 3 rings (SSSR count). The molecule has 1 aliphatic rings. The van der Waals surface area contributed by atoms with Crippen LogP contribution in [-0.2, 0) is 6.42 Å². The summed E-state index contributed by atoms with van der Waals surface area (Å²) in [6, 6.07) is 11.6. The molecule has 0 aromatic heterocycles. The predicted molar refractivity (Wildman–Crippen MR) is 90.1 cm³/mol. The molecule has 0 atom stereocenters. The van der Waals surface area contributed by atoms with Crippen molar-refractivity contribution in [2.75, 3.05) is 0 Å². The third kappa shape index (κ3) is 3.26. The normalized spacial score (nSPS) is 13.8. The van der Waals surface area contributed by atoms with E-state index in [0.29, 0.717) is 0 Å². The third-order valence-corrected chi connectivity index (χ3v) is 4.38. The first-order chi connectivity index (χ1) is 11.0. The van der Waals surface area contributed by atoms with Gasteiger partial charge in [0.05, 0.1) is 11.1 Å². The maximum Gasteiger partial charge on any atom is 0.249 e. The monoisotopic (exact) mass is 308 g/mol.